The summed E-state index contributed by atoms with van der Waals surface area (Å²) in [5.74, 6) is 0. The summed E-state index contributed by atoms with van der Waals surface area (Å²) < 4.78 is 25.9. The molecule has 16 heavy (non-hydrogen) atoms. The van der Waals surface area contributed by atoms with Crippen LogP contribution in [0.4, 0.5) is 0 Å². The van der Waals surface area contributed by atoms with E-state index in [0.717, 1.165) is 19.3 Å². The van der Waals surface area contributed by atoms with Gasteiger partial charge in [-0.2, -0.15) is 8.42 Å². The fourth-order valence-electron chi connectivity index (χ4n) is 1.09. The molecule has 1 aromatic carbocycles. The zero-order valence-electron chi connectivity index (χ0n) is 9.33. The second-order valence-electron chi connectivity index (χ2n) is 3.40. The maximum absolute atomic E-state index is 9.19. The Morgan fingerprint density at radius 2 is 1.62 bits per heavy atom. The second-order valence-corrected chi connectivity index (χ2v) is 4.87. The number of aryl methyl sites for hydroxylation is 1. The van der Waals surface area contributed by atoms with Crippen LogP contribution in [0.3, 0.4) is 0 Å². The van der Waals surface area contributed by atoms with Gasteiger partial charge in [-0.25, -0.2) is 0 Å². The molecule has 1 rings (SSSR count). The standard InChI is InChI=1S/C10H14O.CH4O3S/c11-9-5-4-8-10-6-2-1-3-7-10;1-5(2,3)4/h1-3,6-7,11H,4-5,8-9H2;1H3,(H,2,3,4). The zero-order valence-corrected chi connectivity index (χ0v) is 10.2. The third kappa shape index (κ3) is 13.1. The number of rotatable bonds is 4. The number of aliphatic hydroxyl groups is 1. The summed E-state index contributed by atoms with van der Waals surface area (Å²) in [4.78, 5) is 0. The van der Waals surface area contributed by atoms with Gasteiger partial charge in [0, 0.05) is 6.61 Å². The van der Waals surface area contributed by atoms with Crippen molar-refractivity contribution in [3.63, 3.8) is 0 Å². The Labute approximate surface area is 96.7 Å². The van der Waals surface area contributed by atoms with E-state index in [0.29, 0.717) is 12.9 Å². The summed E-state index contributed by atoms with van der Waals surface area (Å²) >= 11 is 0. The van der Waals surface area contributed by atoms with Gasteiger partial charge in [0.2, 0.25) is 0 Å². The topological polar surface area (TPSA) is 74.6 Å². The van der Waals surface area contributed by atoms with Crippen molar-refractivity contribution in [3.8, 4) is 0 Å². The summed E-state index contributed by atoms with van der Waals surface area (Å²) in [5, 5.41) is 8.54. The van der Waals surface area contributed by atoms with Gasteiger partial charge in [0.25, 0.3) is 10.1 Å². The van der Waals surface area contributed by atoms with Crippen molar-refractivity contribution in [2.75, 3.05) is 12.9 Å². The average Bonchev–Trinajstić information content (AvgIpc) is 2.17. The lowest BCUT2D eigenvalue weighted by Crippen LogP contribution is -1.88. The van der Waals surface area contributed by atoms with Gasteiger partial charge in [-0.05, 0) is 24.8 Å². The lowest BCUT2D eigenvalue weighted by molar-refractivity contribution is 0.284. The van der Waals surface area contributed by atoms with Crippen molar-refractivity contribution < 1.29 is 18.1 Å². The molecule has 0 aliphatic heterocycles. The van der Waals surface area contributed by atoms with Crippen LogP contribution < -0.4 is 0 Å². The third-order valence-electron chi connectivity index (χ3n) is 1.72. The molecule has 5 heteroatoms. The number of hydrogen-bond donors (Lipinski definition) is 2. The van der Waals surface area contributed by atoms with Crippen LogP contribution in [0.1, 0.15) is 18.4 Å². The molecular formula is C11H18O4S. The molecule has 2 N–H and O–H groups in total. The second kappa shape index (κ2) is 8.27. The average molecular weight is 246 g/mol. The first-order valence-electron chi connectivity index (χ1n) is 5.00. The summed E-state index contributed by atoms with van der Waals surface area (Å²) in [6.07, 6.45) is 3.80. The lowest BCUT2D eigenvalue weighted by atomic mass is 10.1. The molecular weight excluding hydrogens is 228 g/mol. The molecule has 0 saturated carbocycles. The molecule has 0 bridgehead atoms. The monoisotopic (exact) mass is 246 g/mol. The van der Waals surface area contributed by atoms with E-state index in [2.05, 4.69) is 12.1 Å². The minimum Gasteiger partial charge on any atom is -0.396 e. The van der Waals surface area contributed by atoms with Crippen LogP contribution in [0.2, 0.25) is 0 Å². The molecule has 0 fully saturated rings. The minimum absolute atomic E-state index is 0.312. The largest absolute Gasteiger partial charge is 0.396 e. The molecule has 0 atom stereocenters. The minimum atomic E-state index is -3.67. The normalized spacial score (nSPS) is 10.4. The van der Waals surface area contributed by atoms with Crippen molar-refractivity contribution >= 4 is 10.1 Å². The SMILES string of the molecule is CS(=O)(=O)O.OCCCCc1ccccc1. The molecule has 0 saturated heterocycles. The molecule has 0 unspecified atom stereocenters. The van der Waals surface area contributed by atoms with Gasteiger partial charge < -0.3 is 5.11 Å². The number of benzene rings is 1. The van der Waals surface area contributed by atoms with Gasteiger partial charge in [0.05, 0.1) is 6.26 Å². The highest BCUT2D eigenvalue weighted by Gasteiger charge is 1.89. The van der Waals surface area contributed by atoms with Crippen LogP contribution in [0.15, 0.2) is 30.3 Å². The van der Waals surface area contributed by atoms with Crippen molar-refractivity contribution in [2.45, 2.75) is 19.3 Å². The van der Waals surface area contributed by atoms with Gasteiger partial charge in [0.15, 0.2) is 0 Å². The van der Waals surface area contributed by atoms with Crippen molar-refractivity contribution in [1.29, 1.82) is 0 Å². The highest BCUT2D eigenvalue weighted by Crippen LogP contribution is 2.03. The predicted molar refractivity (Wildman–Crippen MR) is 63.9 cm³/mol. The van der Waals surface area contributed by atoms with Crippen molar-refractivity contribution in [1.82, 2.24) is 0 Å². The molecule has 0 aliphatic rings. The van der Waals surface area contributed by atoms with E-state index >= 15 is 0 Å². The Morgan fingerprint density at radius 1 is 1.12 bits per heavy atom. The highest BCUT2D eigenvalue weighted by molar-refractivity contribution is 7.85. The molecule has 1 aromatic rings. The summed E-state index contributed by atoms with van der Waals surface area (Å²) in [7, 11) is -3.67. The van der Waals surface area contributed by atoms with Gasteiger partial charge in [-0.3, -0.25) is 4.55 Å². The van der Waals surface area contributed by atoms with E-state index in [1.165, 1.54) is 5.56 Å². The van der Waals surface area contributed by atoms with Crippen LogP contribution in [0.5, 0.6) is 0 Å². The van der Waals surface area contributed by atoms with Crippen molar-refractivity contribution in [2.24, 2.45) is 0 Å². The molecule has 0 aromatic heterocycles. The van der Waals surface area contributed by atoms with Gasteiger partial charge in [0.1, 0.15) is 0 Å². The predicted octanol–water partition coefficient (Wildman–Crippen LogP) is 1.51. The molecule has 4 nitrogen and oxygen atoms in total. The Kier molecular flexibility index (Phi) is 7.80. The molecule has 0 radical (unpaired) electrons. The van der Waals surface area contributed by atoms with Crippen LogP contribution >= 0.6 is 0 Å². The Bertz CT molecular complexity index is 351. The van der Waals surface area contributed by atoms with Crippen molar-refractivity contribution in [3.05, 3.63) is 35.9 Å². The van der Waals surface area contributed by atoms with E-state index in [4.69, 9.17) is 9.66 Å². The van der Waals surface area contributed by atoms with E-state index in [-0.39, 0.29) is 0 Å². The Balaban J connectivity index is 0.000000385. The third-order valence-corrected chi connectivity index (χ3v) is 1.72. The number of aliphatic hydroxyl groups excluding tert-OH is 1. The molecule has 0 aliphatic carbocycles. The molecule has 92 valence electrons. The van der Waals surface area contributed by atoms with Gasteiger partial charge in [-0.1, -0.05) is 30.3 Å². The zero-order chi connectivity index (χ0) is 12.4. The van der Waals surface area contributed by atoms with E-state index < -0.39 is 10.1 Å². The van der Waals surface area contributed by atoms with Crippen LogP contribution in [0.25, 0.3) is 0 Å². The highest BCUT2D eigenvalue weighted by atomic mass is 32.2. The maximum Gasteiger partial charge on any atom is 0.261 e. The van der Waals surface area contributed by atoms with Crippen LogP contribution in [-0.4, -0.2) is 30.9 Å². The smallest absolute Gasteiger partial charge is 0.261 e. The number of hydrogen-bond acceptors (Lipinski definition) is 3. The fourth-order valence-corrected chi connectivity index (χ4v) is 1.09. The van der Waals surface area contributed by atoms with Crippen LogP contribution in [0, 0.1) is 0 Å². The first kappa shape index (κ1) is 15.1. The van der Waals surface area contributed by atoms with Gasteiger partial charge >= 0.3 is 0 Å². The number of unbranched alkanes of at least 4 members (excludes halogenated alkanes) is 1. The van der Waals surface area contributed by atoms with E-state index in [1.807, 2.05) is 18.2 Å². The van der Waals surface area contributed by atoms with Gasteiger partial charge in [-0.15, -0.1) is 0 Å². The summed E-state index contributed by atoms with van der Waals surface area (Å²) in [5.41, 5.74) is 1.36. The lowest BCUT2D eigenvalue weighted by Gasteiger charge is -1.97. The Hall–Kier alpha value is -0.910. The van der Waals surface area contributed by atoms with E-state index in [9.17, 15) is 8.42 Å². The Morgan fingerprint density at radius 3 is 2.06 bits per heavy atom. The van der Waals surface area contributed by atoms with E-state index in [1.54, 1.807) is 0 Å². The first-order valence-corrected chi connectivity index (χ1v) is 6.85. The first-order chi connectivity index (χ1) is 7.43. The fraction of sp³-hybridized carbons (Fsp3) is 0.455. The maximum atomic E-state index is 9.19. The van der Waals surface area contributed by atoms with Crippen LogP contribution in [-0.2, 0) is 16.5 Å². The molecule has 0 spiro atoms. The summed E-state index contributed by atoms with van der Waals surface area (Å²) in [6, 6.07) is 10.4. The molecule has 0 heterocycles. The molecule has 0 amide bonds. The quantitative estimate of drug-likeness (QED) is 0.623. The summed E-state index contributed by atoms with van der Waals surface area (Å²) in [6.45, 7) is 0.312.